The number of carbonyl (C=O) groups is 1. The van der Waals surface area contributed by atoms with Gasteiger partial charge in [-0.15, -0.1) is 0 Å². The van der Waals surface area contributed by atoms with Crippen molar-refractivity contribution in [2.75, 3.05) is 6.54 Å². The van der Waals surface area contributed by atoms with Crippen LogP contribution in [0.15, 0.2) is 29.2 Å². The lowest BCUT2D eigenvalue weighted by molar-refractivity contribution is 0.0927. The molecule has 2 rings (SSSR count). The fourth-order valence-corrected chi connectivity index (χ4v) is 3.75. The number of carbonyl (C=O) groups excluding carboxylic acids is 1. The van der Waals surface area contributed by atoms with E-state index in [1.54, 1.807) is 12.1 Å². The molecule has 5 nitrogen and oxygen atoms in total. The SMILES string of the molecule is CCCNS(=O)(=O)c1ccc(C(=O)NC2CCCCC2)cc1. The van der Waals surface area contributed by atoms with Crippen molar-refractivity contribution in [3.8, 4) is 0 Å². The van der Waals surface area contributed by atoms with Crippen molar-refractivity contribution in [2.24, 2.45) is 0 Å². The quantitative estimate of drug-likeness (QED) is 0.844. The van der Waals surface area contributed by atoms with Gasteiger partial charge in [0.05, 0.1) is 4.90 Å². The lowest BCUT2D eigenvalue weighted by atomic mass is 9.95. The number of sulfonamides is 1. The van der Waals surface area contributed by atoms with Crippen LogP contribution in [0.25, 0.3) is 0 Å². The van der Waals surface area contributed by atoms with Crippen LogP contribution in [0.4, 0.5) is 0 Å². The minimum Gasteiger partial charge on any atom is -0.349 e. The van der Waals surface area contributed by atoms with Gasteiger partial charge >= 0.3 is 0 Å². The minimum atomic E-state index is -3.47. The zero-order valence-corrected chi connectivity index (χ0v) is 13.8. The zero-order chi connectivity index (χ0) is 16.0. The van der Waals surface area contributed by atoms with Crippen LogP contribution >= 0.6 is 0 Å². The predicted molar refractivity (Wildman–Crippen MR) is 86.3 cm³/mol. The van der Waals surface area contributed by atoms with Crippen molar-refractivity contribution in [1.82, 2.24) is 10.0 Å². The maximum atomic E-state index is 12.2. The van der Waals surface area contributed by atoms with Crippen LogP contribution in [0, 0.1) is 0 Å². The second-order valence-electron chi connectivity index (χ2n) is 5.73. The number of amides is 1. The van der Waals surface area contributed by atoms with Gasteiger partial charge in [0.25, 0.3) is 5.91 Å². The maximum Gasteiger partial charge on any atom is 0.251 e. The van der Waals surface area contributed by atoms with Gasteiger partial charge in [-0.2, -0.15) is 0 Å². The normalized spacial score (nSPS) is 16.4. The van der Waals surface area contributed by atoms with Crippen LogP contribution < -0.4 is 10.0 Å². The van der Waals surface area contributed by atoms with Crippen LogP contribution in [0.3, 0.4) is 0 Å². The van der Waals surface area contributed by atoms with E-state index in [0.717, 1.165) is 32.1 Å². The Kier molecular flexibility index (Phi) is 5.97. The van der Waals surface area contributed by atoms with Crippen molar-refractivity contribution < 1.29 is 13.2 Å². The summed E-state index contributed by atoms with van der Waals surface area (Å²) in [5.41, 5.74) is 0.500. The molecular weight excluding hydrogens is 300 g/mol. The van der Waals surface area contributed by atoms with Crippen molar-refractivity contribution in [3.05, 3.63) is 29.8 Å². The maximum absolute atomic E-state index is 12.2. The lowest BCUT2D eigenvalue weighted by Gasteiger charge is -2.22. The Morgan fingerprint density at radius 1 is 1.14 bits per heavy atom. The summed E-state index contributed by atoms with van der Waals surface area (Å²) >= 11 is 0. The van der Waals surface area contributed by atoms with Gasteiger partial charge in [0.1, 0.15) is 0 Å². The summed E-state index contributed by atoms with van der Waals surface area (Å²) in [5.74, 6) is -0.127. The molecule has 0 bridgehead atoms. The van der Waals surface area contributed by atoms with Gasteiger partial charge in [0.2, 0.25) is 10.0 Å². The standard InChI is InChI=1S/C16H24N2O3S/c1-2-12-17-22(20,21)15-10-8-13(9-11-15)16(19)18-14-6-4-3-5-7-14/h8-11,14,17H,2-7,12H2,1H3,(H,18,19). The molecule has 0 unspecified atom stereocenters. The summed E-state index contributed by atoms with van der Waals surface area (Å²) in [4.78, 5) is 12.4. The third-order valence-corrected chi connectivity index (χ3v) is 5.39. The van der Waals surface area contributed by atoms with Crippen molar-refractivity contribution in [3.63, 3.8) is 0 Å². The molecule has 0 radical (unpaired) electrons. The molecule has 122 valence electrons. The first kappa shape index (κ1) is 17.0. The summed E-state index contributed by atoms with van der Waals surface area (Å²) in [6.45, 7) is 2.31. The Hall–Kier alpha value is -1.40. The van der Waals surface area contributed by atoms with Crippen LogP contribution in [0.1, 0.15) is 55.8 Å². The summed E-state index contributed by atoms with van der Waals surface area (Å²) in [5, 5.41) is 3.02. The number of hydrogen-bond acceptors (Lipinski definition) is 3. The van der Waals surface area contributed by atoms with E-state index >= 15 is 0 Å². The fraction of sp³-hybridized carbons (Fsp3) is 0.562. The molecule has 1 amide bonds. The monoisotopic (exact) mass is 324 g/mol. The molecule has 0 spiro atoms. The Bertz CT molecular complexity index is 590. The van der Waals surface area contributed by atoms with Gasteiger partial charge in [-0.25, -0.2) is 13.1 Å². The Morgan fingerprint density at radius 2 is 1.77 bits per heavy atom. The van der Waals surface area contributed by atoms with Crippen LogP contribution in [-0.4, -0.2) is 26.9 Å². The van der Waals surface area contributed by atoms with Gasteiger partial charge in [0, 0.05) is 18.2 Å². The first-order chi connectivity index (χ1) is 10.5. The zero-order valence-electron chi connectivity index (χ0n) is 13.0. The molecule has 0 heterocycles. The van der Waals surface area contributed by atoms with Crippen LogP contribution in [0.5, 0.6) is 0 Å². The molecule has 1 fully saturated rings. The molecule has 1 aromatic rings. The second kappa shape index (κ2) is 7.74. The van der Waals surface area contributed by atoms with Crippen LogP contribution in [-0.2, 0) is 10.0 Å². The van der Waals surface area contributed by atoms with E-state index in [1.807, 2.05) is 6.92 Å². The highest BCUT2D eigenvalue weighted by molar-refractivity contribution is 7.89. The van der Waals surface area contributed by atoms with Gasteiger partial charge in [-0.05, 0) is 43.5 Å². The van der Waals surface area contributed by atoms with E-state index in [1.165, 1.54) is 18.6 Å². The molecular formula is C16H24N2O3S. The molecule has 1 aliphatic rings. The highest BCUT2D eigenvalue weighted by Gasteiger charge is 2.18. The Morgan fingerprint density at radius 3 is 2.36 bits per heavy atom. The van der Waals surface area contributed by atoms with E-state index in [-0.39, 0.29) is 16.8 Å². The number of rotatable bonds is 6. The third-order valence-electron chi connectivity index (χ3n) is 3.91. The van der Waals surface area contributed by atoms with E-state index in [0.29, 0.717) is 12.1 Å². The van der Waals surface area contributed by atoms with Gasteiger partial charge in [-0.3, -0.25) is 4.79 Å². The fourth-order valence-electron chi connectivity index (χ4n) is 2.62. The topological polar surface area (TPSA) is 75.3 Å². The Labute approximate surface area is 132 Å². The van der Waals surface area contributed by atoms with E-state index < -0.39 is 10.0 Å². The van der Waals surface area contributed by atoms with E-state index in [9.17, 15) is 13.2 Å². The van der Waals surface area contributed by atoms with Crippen molar-refractivity contribution in [2.45, 2.75) is 56.4 Å². The highest BCUT2D eigenvalue weighted by atomic mass is 32.2. The number of nitrogens with one attached hydrogen (secondary N) is 2. The first-order valence-electron chi connectivity index (χ1n) is 7.93. The molecule has 22 heavy (non-hydrogen) atoms. The summed E-state index contributed by atoms with van der Waals surface area (Å²) < 4.78 is 26.5. The van der Waals surface area contributed by atoms with Gasteiger partial charge in [-0.1, -0.05) is 26.2 Å². The molecule has 0 saturated heterocycles. The molecule has 1 aliphatic carbocycles. The molecule has 0 aromatic heterocycles. The molecule has 0 atom stereocenters. The summed E-state index contributed by atoms with van der Waals surface area (Å²) in [7, 11) is -3.47. The van der Waals surface area contributed by atoms with Crippen LogP contribution in [0.2, 0.25) is 0 Å². The van der Waals surface area contributed by atoms with Crippen molar-refractivity contribution >= 4 is 15.9 Å². The highest BCUT2D eigenvalue weighted by Crippen LogP contribution is 2.18. The first-order valence-corrected chi connectivity index (χ1v) is 9.42. The molecule has 1 aromatic carbocycles. The number of hydrogen-bond donors (Lipinski definition) is 2. The minimum absolute atomic E-state index is 0.127. The Balaban J connectivity index is 2.00. The van der Waals surface area contributed by atoms with Gasteiger partial charge in [0.15, 0.2) is 0 Å². The lowest BCUT2D eigenvalue weighted by Crippen LogP contribution is -2.36. The second-order valence-corrected chi connectivity index (χ2v) is 7.50. The van der Waals surface area contributed by atoms with E-state index in [2.05, 4.69) is 10.0 Å². The summed E-state index contributed by atoms with van der Waals surface area (Å²) in [6.07, 6.45) is 6.35. The number of benzene rings is 1. The van der Waals surface area contributed by atoms with Crippen molar-refractivity contribution in [1.29, 1.82) is 0 Å². The van der Waals surface area contributed by atoms with E-state index in [4.69, 9.17) is 0 Å². The molecule has 2 N–H and O–H groups in total. The molecule has 1 saturated carbocycles. The third kappa shape index (κ3) is 4.55. The average molecular weight is 324 g/mol. The summed E-state index contributed by atoms with van der Waals surface area (Å²) in [6, 6.07) is 6.34. The smallest absolute Gasteiger partial charge is 0.251 e. The average Bonchev–Trinajstić information content (AvgIpc) is 2.54. The molecule has 0 aliphatic heterocycles. The predicted octanol–water partition coefficient (Wildman–Crippen LogP) is 2.44. The van der Waals surface area contributed by atoms with Gasteiger partial charge < -0.3 is 5.32 Å². The largest absolute Gasteiger partial charge is 0.349 e. The molecule has 6 heteroatoms.